The number of carbonyl (C=O) groups is 1. The highest BCUT2D eigenvalue weighted by Crippen LogP contribution is 2.17. The van der Waals surface area contributed by atoms with Crippen molar-refractivity contribution in [2.24, 2.45) is 5.92 Å². The number of hydrogen-bond acceptors (Lipinski definition) is 4. The molecule has 1 aromatic carbocycles. The maximum atomic E-state index is 11.9. The van der Waals surface area contributed by atoms with E-state index in [1.807, 2.05) is 24.3 Å². The fourth-order valence-electron chi connectivity index (χ4n) is 2.38. The zero-order valence-electron chi connectivity index (χ0n) is 11.9. The van der Waals surface area contributed by atoms with Crippen LogP contribution in [-0.4, -0.2) is 38.8 Å². The van der Waals surface area contributed by atoms with Crippen molar-refractivity contribution in [3.8, 4) is 5.69 Å². The minimum absolute atomic E-state index is 0.0373. The van der Waals surface area contributed by atoms with Crippen LogP contribution < -0.4 is 10.6 Å². The number of amides is 2. The van der Waals surface area contributed by atoms with Gasteiger partial charge in [-0.2, -0.15) is 15.0 Å². The van der Waals surface area contributed by atoms with Crippen LogP contribution in [0.3, 0.4) is 0 Å². The molecular formula is C15H17N5O2. The number of nitrogens with one attached hydrogen (secondary N) is 2. The lowest BCUT2D eigenvalue weighted by molar-refractivity contribution is 0.238. The van der Waals surface area contributed by atoms with Crippen molar-refractivity contribution in [2.75, 3.05) is 11.9 Å². The van der Waals surface area contributed by atoms with E-state index < -0.39 is 0 Å². The van der Waals surface area contributed by atoms with E-state index in [0.717, 1.165) is 12.1 Å². The van der Waals surface area contributed by atoms with Crippen LogP contribution >= 0.6 is 0 Å². The Bertz CT molecular complexity index is 651. The summed E-state index contributed by atoms with van der Waals surface area (Å²) in [5.74, 6) is 0.131. The third-order valence-electron chi connectivity index (χ3n) is 3.50. The Balaban J connectivity index is 1.55. The molecule has 1 aliphatic rings. The van der Waals surface area contributed by atoms with Crippen LogP contribution in [0.4, 0.5) is 10.5 Å². The Labute approximate surface area is 127 Å². The number of aliphatic hydroxyl groups is 1. The van der Waals surface area contributed by atoms with E-state index in [9.17, 15) is 4.79 Å². The summed E-state index contributed by atoms with van der Waals surface area (Å²) >= 11 is 0. The highest BCUT2D eigenvalue weighted by molar-refractivity contribution is 5.89. The summed E-state index contributed by atoms with van der Waals surface area (Å²) in [7, 11) is 0. The van der Waals surface area contributed by atoms with E-state index in [0.29, 0.717) is 5.69 Å². The molecule has 3 rings (SSSR count). The highest BCUT2D eigenvalue weighted by Gasteiger charge is 2.19. The maximum Gasteiger partial charge on any atom is 0.319 e. The Morgan fingerprint density at radius 3 is 2.59 bits per heavy atom. The lowest BCUT2D eigenvalue weighted by Crippen LogP contribution is -2.36. The standard InChI is InChI=1S/C15H17N5O2/c21-10-11-1-2-13(9-11)19-15(22)18-12-3-5-14(6-4-12)20-16-7-8-17-20/h1-8,11,13,21H,9-10H2,(H2,18,19,22)/t11-,13+/m0/s1. The van der Waals surface area contributed by atoms with Gasteiger partial charge in [0.15, 0.2) is 0 Å². The van der Waals surface area contributed by atoms with Crippen LogP contribution in [0.1, 0.15) is 6.42 Å². The monoisotopic (exact) mass is 299 g/mol. The molecule has 0 saturated heterocycles. The summed E-state index contributed by atoms with van der Waals surface area (Å²) in [6.07, 6.45) is 7.78. The van der Waals surface area contributed by atoms with Gasteiger partial charge in [-0.15, -0.1) is 0 Å². The van der Waals surface area contributed by atoms with Gasteiger partial charge in [-0.1, -0.05) is 12.2 Å². The molecular weight excluding hydrogens is 282 g/mol. The molecule has 0 aliphatic heterocycles. The van der Waals surface area contributed by atoms with Gasteiger partial charge in [0.2, 0.25) is 0 Å². The molecule has 22 heavy (non-hydrogen) atoms. The van der Waals surface area contributed by atoms with Crippen molar-refractivity contribution in [3.05, 3.63) is 48.8 Å². The van der Waals surface area contributed by atoms with Gasteiger partial charge in [0.1, 0.15) is 0 Å². The van der Waals surface area contributed by atoms with Gasteiger partial charge in [-0.3, -0.25) is 0 Å². The van der Waals surface area contributed by atoms with E-state index in [-0.39, 0.29) is 24.6 Å². The summed E-state index contributed by atoms with van der Waals surface area (Å²) in [6, 6.07) is 6.93. The largest absolute Gasteiger partial charge is 0.396 e. The molecule has 0 bridgehead atoms. The first-order valence-electron chi connectivity index (χ1n) is 7.08. The number of hydrogen-bond donors (Lipinski definition) is 3. The number of nitrogens with zero attached hydrogens (tertiary/aromatic N) is 3. The first-order chi connectivity index (χ1) is 10.7. The van der Waals surface area contributed by atoms with Crippen molar-refractivity contribution in [1.29, 1.82) is 0 Å². The van der Waals surface area contributed by atoms with Gasteiger partial charge in [0.25, 0.3) is 0 Å². The van der Waals surface area contributed by atoms with Gasteiger partial charge in [-0.25, -0.2) is 4.79 Å². The summed E-state index contributed by atoms with van der Waals surface area (Å²) in [4.78, 5) is 13.4. The van der Waals surface area contributed by atoms with Gasteiger partial charge in [0, 0.05) is 24.3 Å². The van der Waals surface area contributed by atoms with Crippen molar-refractivity contribution in [1.82, 2.24) is 20.3 Å². The summed E-state index contributed by atoms with van der Waals surface area (Å²) in [6.45, 7) is 0.110. The Kier molecular flexibility index (Phi) is 4.15. The summed E-state index contributed by atoms with van der Waals surface area (Å²) in [5, 5.41) is 22.8. The van der Waals surface area contributed by atoms with Crippen LogP contribution in [0.5, 0.6) is 0 Å². The molecule has 114 valence electrons. The third-order valence-corrected chi connectivity index (χ3v) is 3.50. The van der Waals surface area contributed by atoms with Gasteiger partial charge in [-0.05, 0) is 30.7 Å². The minimum atomic E-state index is -0.266. The second-order valence-corrected chi connectivity index (χ2v) is 5.13. The number of benzene rings is 1. The summed E-state index contributed by atoms with van der Waals surface area (Å²) < 4.78 is 0. The van der Waals surface area contributed by atoms with E-state index in [4.69, 9.17) is 5.11 Å². The molecule has 1 aliphatic carbocycles. The predicted octanol–water partition coefficient (Wildman–Crippen LogP) is 1.33. The first-order valence-corrected chi connectivity index (χ1v) is 7.08. The fraction of sp³-hybridized carbons (Fsp3) is 0.267. The molecule has 2 aromatic rings. The minimum Gasteiger partial charge on any atom is -0.396 e. The molecule has 0 saturated carbocycles. The van der Waals surface area contributed by atoms with E-state index in [1.54, 1.807) is 24.5 Å². The van der Waals surface area contributed by atoms with Crippen LogP contribution in [-0.2, 0) is 0 Å². The molecule has 3 N–H and O–H groups in total. The van der Waals surface area contributed by atoms with E-state index in [1.165, 1.54) is 4.80 Å². The van der Waals surface area contributed by atoms with E-state index >= 15 is 0 Å². The van der Waals surface area contributed by atoms with Crippen LogP contribution in [0.15, 0.2) is 48.8 Å². The number of carbonyl (C=O) groups excluding carboxylic acids is 1. The second kappa shape index (κ2) is 6.40. The predicted molar refractivity (Wildman–Crippen MR) is 81.6 cm³/mol. The molecule has 0 spiro atoms. The molecule has 0 fully saturated rings. The fourth-order valence-corrected chi connectivity index (χ4v) is 2.38. The number of aliphatic hydroxyl groups excluding tert-OH is 1. The Morgan fingerprint density at radius 2 is 1.95 bits per heavy atom. The SMILES string of the molecule is O=C(Nc1ccc(-n2nccn2)cc1)N[C@@H]1C=C[C@H](CO)C1. The number of rotatable bonds is 4. The van der Waals surface area contributed by atoms with Crippen LogP contribution in [0, 0.1) is 5.92 Å². The van der Waals surface area contributed by atoms with Gasteiger partial charge >= 0.3 is 6.03 Å². The number of aromatic nitrogens is 3. The molecule has 1 aromatic heterocycles. The zero-order chi connectivity index (χ0) is 15.4. The zero-order valence-corrected chi connectivity index (χ0v) is 11.9. The molecule has 7 heteroatoms. The van der Waals surface area contributed by atoms with E-state index in [2.05, 4.69) is 20.8 Å². The number of anilines is 1. The average molecular weight is 299 g/mol. The molecule has 1 heterocycles. The normalized spacial score (nSPS) is 20.0. The molecule has 2 amide bonds. The van der Waals surface area contributed by atoms with Crippen molar-refractivity contribution < 1.29 is 9.90 Å². The maximum absolute atomic E-state index is 11.9. The van der Waals surface area contributed by atoms with Crippen molar-refractivity contribution in [3.63, 3.8) is 0 Å². The lowest BCUT2D eigenvalue weighted by atomic mass is 10.1. The lowest BCUT2D eigenvalue weighted by Gasteiger charge is -2.13. The smallest absolute Gasteiger partial charge is 0.319 e. The third kappa shape index (κ3) is 3.32. The van der Waals surface area contributed by atoms with Crippen LogP contribution in [0.2, 0.25) is 0 Å². The molecule has 2 atom stereocenters. The second-order valence-electron chi connectivity index (χ2n) is 5.13. The summed E-state index contributed by atoms with van der Waals surface area (Å²) in [5.41, 5.74) is 1.51. The molecule has 0 unspecified atom stereocenters. The van der Waals surface area contributed by atoms with Gasteiger partial charge < -0.3 is 15.7 Å². The first kappa shape index (κ1) is 14.3. The number of urea groups is 1. The Morgan fingerprint density at radius 1 is 1.23 bits per heavy atom. The Hall–Kier alpha value is -2.67. The van der Waals surface area contributed by atoms with Crippen LogP contribution in [0.25, 0.3) is 5.69 Å². The molecule has 7 nitrogen and oxygen atoms in total. The molecule has 0 radical (unpaired) electrons. The van der Waals surface area contributed by atoms with Crippen molar-refractivity contribution in [2.45, 2.75) is 12.5 Å². The van der Waals surface area contributed by atoms with Gasteiger partial charge in [0.05, 0.1) is 18.1 Å². The quantitative estimate of drug-likeness (QED) is 0.743. The topological polar surface area (TPSA) is 92.1 Å². The average Bonchev–Trinajstić information content (AvgIpc) is 3.19. The van der Waals surface area contributed by atoms with Crippen molar-refractivity contribution >= 4 is 11.7 Å². The highest BCUT2D eigenvalue weighted by atomic mass is 16.3.